The number of ether oxygens (including phenoxy) is 3. The number of aromatic nitrogens is 7. The van der Waals surface area contributed by atoms with Gasteiger partial charge in [0.15, 0.2) is 23.3 Å². The van der Waals surface area contributed by atoms with Crippen LogP contribution >= 0.6 is 0 Å². The lowest BCUT2D eigenvalue weighted by molar-refractivity contribution is -0.148. The molecular formula is C28H32FN9O4. The largest absolute Gasteiger partial charge is 0.482 e. The average Bonchev–Trinajstić information content (AvgIpc) is 3.64. The van der Waals surface area contributed by atoms with Gasteiger partial charge in [0.25, 0.3) is 11.8 Å². The Morgan fingerprint density at radius 1 is 1.21 bits per heavy atom. The molecule has 3 N–H and O–H groups in total. The van der Waals surface area contributed by atoms with Gasteiger partial charge in [-0.15, -0.1) is 0 Å². The molecule has 1 atom stereocenters. The van der Waals surface area contributed by atoms with Crippen molar-refractivity contribution in [2.75, 3.05) is 25.6 Å². The summed E-state index contributed by atoms with van der Waals surface area (Å²) < 4.78 is 32.1. The molecule has 1 aliphatic heterocycles. The second-order valence-electron chi connectivity index (χ2n) is 10.5. The molecule has 4 aromatic heterocycles. The zero-order chi connectivity index (χ0) is 29.3. The predicted octanol–water partition coefficient (Wildman–Crippen LogP) is 3.66. The number of anilines is 2. The lowest BCUT2D eigenvalue weighted by Gasteiger charge is -2.38. The molecule has 6 rings (SSSR count). The number of rotatable bonds is 8. The second kappa shape index (κ2) is 11.4. The molecular weight excluding hydrogens is 545 g/mol. The Kier molecular flexibility index (Phi) is 7.45. The number of H-pyrrole nitrogens is 1. The van der Waals surface area contributed by atoms with Crippen LogP contribution in [-0.4, -0.2) is 66.8 Å². The molecule has 220 valence electrons. The Labute approximate surface area is 241 Å². The number of hydrogen-bond donors (Lipinski definition) is 3. The standard InChI is InChI=1S/C28H32FN9O4/c1-16-12-21(37-36-16)33-25-23-26(42-11-10-41-23)35-24(34-25)18-6-8-28(40-3,9-7-18)27(39)32-17(2)19-4-5-22(30-13-19)38-15-20(29)14-31-38/h4-5,12-15,17-18H,6-11H2,1-3H3,(H,32,39)(H2,33,34,35,36,37)/t17-,18-,28+/m0/s1. The quantitative estimate of drug-likeness (QED) is 0.283. The van der Waals surface area contributed by atoms with Crippen molar-refractivity contribution in [2.45, 2.75) is 57.1 Å². The van der Waals surface area contributed by atoms with Gasteiger partial charge in [0.2, 0.25) is 5.75 Å². The molecule has 1 amide bonds. The van der Waals surface area contributed by atoms with Crippen molar-refractivity contribution >= 4 is 17.5 Å². The van der Waals surface area contributed by atoms with Crippen molar-refractivity contribution < 1.29 is 23.4 Å². The van der Waals surface area contributed by atoms with Gasteiger partial charge in [-0.25, -0.2) is 19.0 Å². The fourth-order valence-corrected chi connectivity index (χ4v) is 5.32. The summed E-state index contributed by atoms with van der Waals surface area (Å²) in [5.74, 6) is 2.43. The summed E-state index contributed by atoms with van der Waals surface area (Å²) in [7, 11) is 1.57. The highest BCUT2D eigenvalue weighted by atomic mass is 19.1. The van der Waals surface area contributed by atoms with E-state index in [4.69, 9.17) is 19.2 Å². The summed E-state index contributed by atoms with van der Waals surface area (Å²) in [6.45, 7) is 4.61. The van der Waals surface area contributed by atoms with Gasteiger partial charge in [-0.1, -0.05) is 6.07 Å². The summed E-state index contributed by atoms with van der Waals surface area (Å²) in [5.41, 5.74) is 0.732. The summed E-state index contributed by atoms with van der Waals surface area (Å²) in [6.07, 6.45) is 6.29. The number of pyridine rings is 1. The number of aryl methyl sites for hydroxylation is 1. The van der Waals surface area contributed by atoms with Crippen LogP contribution in [-0.2, 0) is 9.53 Å². The first-order valence-electron chi connectivity index (χ1n) is 13.8. The van der Waals surface area contributed by atoms with Crippen molar-refractivity contribution in [2.24, 2.45) is 0 Å². The van der Waals surface area contributed by atoms with Crippen molar-refractivity contribution in [3.63, 3.8) is 0 Å². The summed E-state index contributed by atoms with van der Waals surface area (Å²) in [4.78, 5) is 27.4. The molecule has 0 spiro atoms. The van der Waals surface area contributed by atoms with Crippen LogP contribution < -0.4 is 20.1 Å². The molecule has 13 nitrogen and oxygen atoms in total. The molecule has 1 saturated carbocycles. The van der Waals surface area contributed by atoms with Crippen LogP contribution in [0.5, 0.6) is 11.6 Å². The molecule has 5 heterocycles. The van der Waals surface area contributed by atoms with E-state index in [1.165, 1.54) is 10.9 Å². The van der Waals surface area contributed by atoms with E-state index in [2.05, 4.69) is 35.9 Å². The number of nitrogens with one attached hydrogen (secondary N) is 3. The molecule has 0 unspecified atom stereocenters. The lowest BCUT2D eigenvalue weighted by atomic mass is 9.77. The highest BCUT2D eigenvalue weighted by molar-refractivity contribution is 5.85. The maximum absolute atomic E-state index is 13.5. The fourth-order valence-electron chi connectivity index (χ4n) is 5.32. The van der Waals surface area contributed by atoms with E-state index in [9.17, 15) is 9.18 Å². The molecule has 4 aromatic rings. The van der Waals surface area contributed by atoms with Crippen molar-refractivity contribution in [1.82, 2.24) is 40.2 Å². The van der Waals surface area contributed by atoms with Crippen LogP contribution in [0.3, 0.4) is 0 Å². The van der Waals surface area contributed by atoms with E-state index < -0.39 is 11.4 Å². The molecule has 0 bridgehead atoms. The zero-order valence-electron chi connectivity index (χ0n) is 23.6. The third-order valence-electron chi connectivity index (χ3n) is 7.74. The average molecular weight is 578 g/mol. The van der Waals surface area contributed by atoms with Gasteiger partial charge in [-0.05, 0) is 51.2 Å². The fraction of sp³-hybridized carbons (Fsp3) is 0.429. The molecule has 1 aliphatic carbocycles. The third-order valence-corrected chi connectivity index (χ3v) is 7.74. The molecule has 0 saturated heterocycles. The Hall–Kier alpha value is -4.59. The van der Waals surface area contributed by atoms with E-state index in [0.29, 0.717) is 73.8 Å². The van der Waals surface area contributed by atoms with E-state index >= 15 is 0 Å². The Morgan fingerprint density at radius 3 is 2.69 bits per heavy atom. The number of carbonyl (C=O) groups excluding carboxylic acids is 1. The van der Waals surface area contributed by atoms with Crippen molar-refractivity contribution in [1.29, 1.82) is 0 Å². The molecule has 0 aromatic carbocycles. The Balaban J connectivity index is 1.13. The minimum Gasteiger partial charge on any atom is -0.482 e. The molecule has 2 aliphatic rings. The number of hydrogen-bond acceptors (Lipinski definition) is 10. The number of amides is 1. The van der Waals surface area contributed by atoms with Gasteiger partial charge in [-0.2, -0.15) is 15.2 Å². The second-order valence-corrected chi connectivity index (χ2v) is 10.5. The van der Waals surface area contributed by atoms with Crippen molar-refractivity contribution in [3.05, 3.63) is 59.7 Å². The first kappa shape index (κ1) is 27.6. The topological polar surface area (TPSA) is 154 Å². The minimum absolute atomic E-state index is 0.000304. The highest BCUT2D eigenvalue weighted by Gasteiger charge is 2.43. The van der Waals surface area contributed by atoms with Crippen LogP contribution in [0.15, 0.2) is 36.8 Å². The van der Waals surface area contributed by atoms with Crippen LogP contribution in [0.1, 0.15) is 61.6 Å². The number of carbonyl (C=O) groups is 1. The normalized spacial score (nSPS) is 20.6. The van der Waals surface area contributed by atoms with Crippen LogP contribution in [0, 0.1) is 12.7 Å². The number of aromatic amines is 1. The lowest BCUT2D eigenvalue weighted by Crippen LogP contribution is -2.50. The third kappa shape index (κ3) is 5.49. The van der Waals surface area contributed by atoms with E-state index in [-0.39, 0.29) is 17.9 Å². The minimum atomic E-state index is -0.980. The maximum Gasteiger partial charge on any atom is 0.262 e. The Morgan fingerprint density at radius 2 is 2.02 bits per heavy atom. The van der Waals surface area contributed by atoms with Gasteiger partial charge in [-0.3, -0.25) is 9.89 Å². The van der Waals surface area contributed by atoms with Gasteiger partial charge in [0.05, 0.1) is 18.4 Å². The van der Waals surface area contributed by atoms with Gasteiger partial charge in [0.1, 0.15) is 24.6 Å². The number of methoxy groups -OCH3 is 1. The Bertz CT molecular complexity index is 1560. The van der Waals surface area contributed by atoms with Gasteiger partial charge < -0.3 is 24.8 Å². The molecule has 0 radical (unpaired) electrons. The number of halogens is 1. The van der Waals surface area contributed by atoms with E-state index in [1.807, 2.05) is 26.0 Å². The van der Waals surface area contributed by atoms with Crippen LogP contribution in [0.2, 0.25) is 0 Å². The van der Waals surface area contributed by atoms with Crippen LogP contribution in [0.25, 0.3) is 5.82 Å². The molecule has 42 heavy (non-hydrogen) atoms. The van der Waals surface area contributed by atoms with E-state index in [1.54, 1.807) is 19.4 Å². The smallest absolute Gasteiger partial charge is 0.262 e. The highest BCUT2D eigenvalue weighted by Crippen LogP contribution is 2.43. The van der Waals surface area contributed by atoms with Gasteiger partial charge >= 0.3 is 0 Å². The van der Waals surface area contributed by atoms with E-state index in [0.717, 1.165) is 17.5 Å². The summed E-state index contributed by atoms with van der Waals surface area (Å²) in [6, 6.07) is 5.11. The monoisotopic (exact) mass is 577 g/mol. The SMILES string of the molecule is CO[C@]1(C(=O)N[C@@H](C)c2ccc(-n3cc(F)cn3)nc2)CC[C@H](c2nc(Nc3cc(C)[nH]n3)c3c(n2)OCCO3)CC1. The van der Waals surface area contributed by atoms with Crippen LogP contribution in [0.4, 0.5) is 16.0 Å². The van der Waals surface area contributed by atoms with Crippen molar-refractivity contribution in [3.8, 4) is 17.4 Å². The first-order valence-corrected chi connectivity index (χ1v) is 13.8. The molecule has 14 heteroatoms. The molecule has 1 fully saturated rings. The maximum atomic E-state index is 13.5. The predicted molar refractivity (Wildman–Crippen MR) is 148 cm³/mol. The number of fused-ring (bicyclic) bond motifs is 1. The zero-order valence-corrected chi connectivity index (χ0v) is 23.6. The van der Waals surface area contributed by atoms with Gasteiger partial charge in [0, 0.05) is 31.0 Å². The summed E-state index contributed by atoms with van der Waals surface area (Å²) >= 11 is 0. The summed E-state index contributed by atoms with van der Waals surface area (Å²) in [5, 5.41) is 17.4. The number of nitrogens with zero attached hydrogens (tertiary/aromatic N) is 6. The first-order chi connectivity index (χ1) is 20.3.